The van der Waals surface area contributed by atoms with Crippen LogP contribution in [0.15, 0.2) is 17.8 Å². The van der Waals surface area contributed by atoms with Crippen molar-refractivity contribution in [2.24, 2.45) is 0 Å². The molecule has 2 aromatic rings. The molecule has 2 heterocycles. The number of carbonyl (C=O) groups is 1. The first-order chi connectivity index (χ1) is 7.96. The minimum atomic E-state index is -0.760. The SMILES string of the molecule is CC(C)(C)OC(=O)Oc1ncnc2sccc12. The molecule has 2 aromatic heterocycles. The van der Waals surface area contributed by atoms with Crippen LogP contribution in [-0.4, -0.2) is 21.7 Å². The summed E-state index contributed by atoms with van der Waals surface area (Å²) in [6.07, 6.45) is 0.599. The van der Waals surface area contributed by atoms with E-state index in [9.17, 15) is 4.79 Å². The number of nitrogens with zero attached hydrogens (tertiary/aromatic N) is 2. The summed E-state index contributed by atoms with van der Waals surface area (Å²) in [4.78, 5) is 20.2. The lowest BCUT2D eigenvalue weighted by atomic mass is 10.2. The van der Waals surface area contributed by atoms with Crippen molar-refractivity contribution >= 4 is 27.7 Å². The van der Waals surface area contributed by atoms with E-state index in [2.05, 4.69) is 9.97 Å². The van der Waals surface area contributed by atoms with E-state index in [0.717, 1.165) is 4.83 Å². The van der Waals surface area contributed by atoms with Crippen molar-refractivity contribution in [2.45, 2.75) is 26.4 Å². The van der Waals surface area contributed by atoms with E-state index in [4.69, 9.17) is 9.47 Å². The molecule has 0 bridgehead atoms. The van der Waals surface area contributed by atoms with Crippen molar-refractivity contribution in [1.29, 1.82) is 0 Å². The summed E-state index contributed by atoms with van der Waals surface area (Å²) in [5.41, 5.74) is -0.585. The van der Waals surface area contributed by atoms with E-state index < -0.39 is 11.8 Å². The number of thiophene rings is 1. The van der Waals surface area contributed by atoms with E-state index in [-0.39, 0.29) is 5.88 Å². The number of fused-ring (bicyclic) bond motifs is 1. The van der Waals surface area contributed by atoms with Crippen molar-refractivity contribution in [1.82, 2.24) is 9.97 Å². The lowest BCUT2D eigenvalue weighted by Gasteiger charge is -2.18. The predicted molar refractivity (Wildman–Crippen MR) is 64.3 cm³/mol. The summed E-state index contributed by atoms with van der Waals surface area (Å²) in [7, 11) is 0. The van der Waals surface area contributed by atoms with Crippen LogP contribution < -0.4 is 4.74 Å². The Labute approximate surface area is 102 Å². The molecule has 2 rings (SSSR count). The molecule has 0 saturated heterocycles. The Hall–Kier alpha value is -1.69. The molecule has 5 nitrogen and oxygen atoms in total. The minimum absolute atomic E-state index is 0.227. The highest BCUT2D eigenvalue weighted by Gasteiger charge is 2.19. The van der Waals surface area contributed by atoms with E-state index in [0.29, 0.717) is 5.39 Å². The molecule has 0 fully saturated rings. The van der Waals surface area contributed by atoms with Gasteiger partial charge in [0.1, 0.15) is 16.8 Å². The van der Waals surface area contributed by atoms with Crippen molar-refractivity contribution in [2.75, 3.05) is 0 Å². The zero-order valence-corrected chi connectivity index (χ0v) is 10.6. The average molecular weight is 252 g/mol. The number of aromatic nitrogens is 2. The fourth-order valence-electron chi connectivity index (χ4n) is 1.20. The topological polar surface area (TPSA) is 61.3 Å². The third-order valence-corrected chi connectivity index (χ3v) is 2.62. The summed E-state index contributed by atoms with van der Waals surface area (Å²) >= 11 is 1.46. The van der Waals surface area contributed by atoms with Crippen molar-refractivity contribution < 1.29 is 14.3 Å². The summed E-state index contributed by atoms with van der Waals surface area (Å²) in [6.45, 7) is 5.32. The Morgan fingerprint density at radius 2 is 2.12 bits per heavy atom. The van der Waals surface area contributed by atoms with Gasteiger partial charge in [-0.3, -0.25) is 0 Å². The van der Waals surface area contributed by atoms with E-state index in [1.165, 1.54) is 17.7 Å². The molecule has 0 N–H and O–H groups in total. The van der Waals surface area contributed by atoms with Gasteiger partial charge in [0.25, 0.3) is 0 Å². The first-order valence-corrected chi connectivity index (χ1v) is 5.93. The Kier molecular flexibility index (Phi) is 2.97. The van der Waals surface area contributed by atoms with Gasteiger partial charge in [-0.05, 0) is 32.2 Å². The monoisotopic (exact) mass is 252 g/mol. The standard InChI is InChI=1S/C11H12N2O3S/c1-11(2,3)16-10(14)15-8-7-4-5-17-9(7)13-6-12-8/h4-6H,1-3H3. The second-order valence-electron chi connectivity index (χ2n) is 4.38. The summed E-state index contributed by atoms with van der Waals surface area (Å²) in [5.74, 6) is 0.227. The van der Waals surface area contributed by atoms with E-state index in [1.54, 1.807) is 26.8 Å². The van der Waals surface area contributed by atoms with Crippen LogP contribution in [-0.2, 0) is 4.74 Å². The smallest absolute Gasteiger partial charge is 0.428 e. The summed E-state index contributed by atoms with van der Waals surface area (Å²) < 4.78 is 10.1. The Bertz CT molecular complexity index is 545. The highest BCUT2D eigenvalue weighted by Crippen LogP contribution is 2.26. The van der Waals surface area contributed by atoms with Gasteiger partial charge in [-0.25, -0.2) is 14.8 Å². The highest BCUT2D eigenvalue weighted by atomic mass is 32.1. The van der Waals surface area contributed by atoms with Crippen LogP contribution in [0.3, 0.4) is 0 Å². The van der Waals surface area contributed by atoms with Crippen LogP contribution in [0, 0.1) is 0 Å². The number of rotatable bonds is 1. The molecule has 0 aliphatic rings. The van der Waals surface area contributed by atoms with E-state index in [1.807, 2.05) is 5.38 Å². The lowest BCUT2D eigenvalue weighted by molar-refractivity contribution is 0.0200. The lowest BCUT2D eigenvalue weighted by Crippen LogP contribution is -2.26. The van der Waals surface area contributed by atoms with Crippen LogP contribution in [0.25, 0.3) is 10.2 Å². The number of carbonyl (C=O) groups excluding carboxylic acids is 1. The van der Waals surface area contributed by atoms with Crippen molar-refractivity contribution in [3.05, 3.63) is 17.8 Å². The van der Waals surface area contributed by atoms with Gasteiger partial charge in [-0.2, -0.15) is 0 Å². The van der Waals surface area contributed by atoms with Crippen LogP contribution in [0.2, 0.25) is 0 Å². The van der Waals surface area contributed by atoms with Crippen molar-refractivity contribution in [3.63, 3.8) is 0 Å². The fourth-order valence-corrected chi connectivity index (χ4v) is 1.92. The molecule has 0 atom stereocenters. The first kappa shape index (κ1) is 11.8. The fraction of sp³-hybridized carbons (Fsp3) is 0.364. The average Bonchev–Trinajstić information content (AvgIpc) is 2.63. The zero-order chi connectivity index (χ0) is 12.5. The van der Waals surface area contributed by atoms with Gasteiger partial charge in [-0.1, -0.05) is 0 Å². The molecule has 0 amide bonds. The maximum absolute atomic E-state index is 11.5. The molecule has 0 unspecified atom stereocenters. The molecule has 0 aromatic carbocycles. The van der Waals surface area contributed by atoms with Gasteiger partial charge in [0, 0.05) is 0 Å². The van der Waals surface area contributed by atoms with Crippen LogP contribution >= 0.6 is 11.3 Å². The van der Waals surface area contributed by atoms with Gasteiger partial charge < -0.3 is 9.47 Å². The van der Waals surface area contributed by atoms with Crippen molar-refractivity contribution in [3.8, 4) is 5.88 Å². The molecule has 0 spiro atoms. The first-order valence-electron chi connectivity index (χ1n) is 5.05. The largest absolute Gasteiger partial charge is 0.515 e. The molecule has 17 heavy (non-hydrogen) atoms. The Morgan fingerprint density at radius 3 is 2.82 bits per heavy atom. The molecule has 0 radical (unpaired) electrons. The van der Waals surface area contributed by atoms with Gasteiger partial charge in [0.2, 0.25) is 5.88 Å². The number of hydrogen-bond donors (Lipinski definition) is 0. The Balaban J connectivity index is 2.18. The maximum atomic E-state index is 11.5. The maximum Gasteiger partial charge on any atom is 0.515 e. The second-order valence-corrected chi connectivity index (χ2v) is 5.28. The third kappa shape index (κ3) is 2.91. The molecule has 6 heteroatoms. The van der Waals surface area contributed by atoms with Crippen LogP contribution in [0.4, 0.5) is 4.79 Å². The number of hydrogen-bond acceptors (Lipinski definition) is 6. The minimum Gasteiger partial charge on any atom is -0.428 e. The van der Waals surface area contributed by atoms with Gasteiger partial charge in [0.15, 0.2) is 0 Å². The van der Waals surface area contributed by atoms with Gasteiger partial charge in [0.05, 0.1) is 5.39 Å². The second kappa shape index (κ2) is 4.29. The molecule has 90 valence electrons. The summed E-state index contributed by atoms with van der Waals surface area (Å²) in [5, 5.41) is 2.57. The molecule has 0 aliphatic carbocycles. The summed E-state index contributed by atoms with van der Waals surface area (Å²) in [6, 6.07) is 1.81. The zero-order valence-electron chi connectivity index (χ0n) is 9.76. The molecule has 0 aliphatic heterocycles. The molecular weight excluding hydrogens is 240 g/mol. The highest BCUT2D eigenvalue weighted by molar-refractivity contribution is 7.16. The Morgan fingerprint density at radius 1 is 1.35 bits per heavy atom. The molecular formula is C11H12N2O3S. The van der Waals surface area contributed by atoms with Gasteiger partial charge in [-0.15, -0.1) is 11.3 Å². The quantitative estimate of drug-likeness (QED) is 0.730. The van der Waals surface area contributed by atoms with Crippen LogP contribution in [0.5, 0.6) is 5.88 Å². The number of ether oxygens (including phenoxy) is 2. The third-order valence-electron chi connectivity index (χ3n) is 1.79. The normalized spacial score (nSPS) is 11.5. The van der Waals surface area contributed by atoms with Gasteiger partial charge >= 0.3 is 6.16 Å². The van der Waals surface area contributed by atoms with Crippen LogP contribution in [0.1, 0.15) is 20.8 Å². The predicted octanol–water partition coefficient (Wildman–Crippen LogP) is 3.01. The molecule has 0 saturated carbocycles. The van der Waals surface area contributed by atoms with E-state index >= 15 is 0 Å².